The molecule has 0 saturated heterocycles. The van der Waals surface area contributed by atoms with Gasteiger partial charge in [0.25, 0.3) is 5.91 Å². The van der Waals surface area contributed by atoms with E-state index in [1.165, 1.54) is 18.4 Å². The van der Waals surface area contributed by atoms with Crippen LogP contribution in [0.15, 0.2) is 72.8 Å². The normalized spacial score (nSPS) is 10.5. The van der Waals surface area contributed by atoms with Crippen molar-refractivity contribution in [2.24, 2.45) is 0 Å². The van der Waals surface area contributed by atoms with Crippen LogP contribution in [-0.2, 0) is 16.0 Å². The number of carbonyl (C=O) groups is 2. The number of amides is 1. The van der Waals surface area contributed by atoms with Crippen molar-refractivity contribution in [3.8, 4) is 17.2 Å². The number of carbonyl (C=O) groups excluding carboxylic acids is 2. The Balaban J connectivity index is 1.53. The number of aryl methyl sites for hydroxylation is 1. The minimum atomic E-state index is -0.276. The Labute approximate surface area is 207 Å². The highest BCUT2D eigenvalue weighted by atomic mass is 16.5. The van der Waals surface area contributed by atoms with E-state index in [9.17, 15) is 9.59 Å². The van der Waals surface area contributed by atoms with Crippen LogP contribution in [0.4, 0.5) is 5.69 Å². The lowest BCUT2D eigenvalue weighted by Gasteiger charge is -2.12. The molecule has 0 atom stereocenters. The van der Waals surface area contributed by atoms with Gasteiger partial charge in [-0.3, -0.25) is 9.59 Å². The van der Waals surface area contributed by atoms with Crippen molar-refractivity contribution in [1.29, 1.82) is 0 Å². The van der Waals surface area contributed by atoms with Crippen LogP contribution in [0.3, 0.4) is 0 Å². The van der Waals surface area contributed by atoms with Gasteiger partial charge in [0, 0.05) is 12.1 Å². The van der Waals surface area contributed by atoms with E-state index in [1.54, 1.807) is 43.3 Å². The molecular weight excluding hydrogens is 442 g/mol. The van der Waals surface area contributed by atoms with Gasteiger partial charge in [0.15, 0.2) is 0 Å². The molecular formula is C29H33NO5. The molecule has 6 nitrogen and oxygen atoms in total. The molecule has 3 aromatic rings. The summed E-state index contributed by atoms with van der Waals surface area (Å²) in [6, 6.07) is 22.4. The quantitative estimate of drug-likeness (QED) is 0.217. The van der Waals surface area contributed by atoms with E-state index in [0.717, 1.165) is 12.2 Å². The monoisotopic (exact) mass is 475 g/mol. The Morgan fingerprint density at radius 3 is 2.20 bits per heavy atom. The van der Waals surface area contributed by atoms with E-state index in [2.05, 4.69) is 24.4 Å². The van der Waals surface area contributed by atoms with Gasteiger partial charge in [0.1, 0.15) is 17.2 Å². The maximum atomic E-state index is 12.8. The lowest BCUT2D eigenvalue weighted by molar-refractivity contribution is -0.143. The van der Waals surface area contributed by atoms with Gasteiger partial charge in [-0.1, -0.05) is 37.6 Å². The largest absolute Gasteiger partial charge is 0.493 e. The lowest BCUT2D eigenvalue weighted by Crippen LogP contribution is -2.14. The molecule has 3 rings (SSSR count). The average Bonchev–Trinajstić information content (AvgIpc) is 2.88. The third-order valence-corrected chi connectivity index (χ3v) is 5.31. The van der Waals surface area contributed by atoms with Crippen LogP contribution < -0.4 is 14.8 Å². The number of anilines is 1. The number of benzene rings is 3. The number of para-hydroxylation sites is 1. The number of hydrogen-bond acceptors (Lipinski definition) is 5. The predicted octanol–water partition coefficient (Wildman–Crippen LogP) is 6.80. The molecule has 184 valence electrons. The predicted molar refractivity (Wildman–Crippen MR) is 137 cm³/mol. The first-order chi connectivity index (χ1) is 17.1. The second kappa shape index (κ2) is 13.8. The zero-order chi connectivity index (χ0) is 24.9. The second-order valence-corrected chi connectivity index (χ2v) is 8.08. The Bertz CT molecular complexity index is 1080. The summed E-state index contributed by atoms with van der Waals surface area (Å²) in [5.41, 5.74) is 2.38. The fourth-order valence-corrected chi connectivity index (χ4v) is 3.46. The van der Waals surface area contributed by atoms with Crippen molar-refractivity contribution < 1.29 is 23.8 Å². The van der Waals surface area contributed by atoms with Gasteiger partial charge in [-0.05, 0) is 80.3 Å². The van der Waals surface area contributed by atoms with Gasteiger partial charge in [-0.15, -0.1) is 0 Å². The molecule has 0 fully saturated rings. The number of rotatable bonds is 13. The molecule has 0 saturated carbocycles. The van der Waals surface area contributed by atoms with Crippen molar-refractivity contribution >= 4 is 17.6 Å². The van der Waals surface area contributed by atoms with Gasteiger partial charge in [0.05, 0.1) is 18.8 Å². The summed E-state index contributed by atoms with van der Waals surface area (Å²) in [4.78, 5) is 24.3. The van der Waals surface area contributed by atoms with E-state index in [0.29, 0.717) is 42.4 Å². The summed E-state index contributed by atoms with van der Waals surface area (Å²) < 4.78 is 16.6. The van der Waals surface area contributed by atoms with Gasteiger partial charge < -0.3 is 19.5 Å². The highest BCUT2D eigenvalue weighted by molar-refractivity contribution is 6.06. The molecule has 0 aliphatic heterocycles. The summed E-state index contributed by atoms with van der Waals surface area (Å²) in [6.07, 6.45) is 4.22. The second-order valence-electron chi connectivity index (χ2n) is 8.08. The summed E-state index contributed by atoms with van der Waals surface area (Å²) in [6.45, 7) is 4.64. The van der Waals surface area contributed by atoms with Crippen LogP contribution in [0.1, 0.15) is 55.5 Å². The number of nitrogens with one attached hydrogen (secondary N) is 1. The summed E-state index contributed by atoms with van der Waals surface area (Å²) >= 11 is 0. The van der Waals surface area contributed by atoms with Crippen LogP contribution in [0.25, 0.3) is 0 Å². The lowest BCUT2D eigenvalue weighted by atomic mass is 10.1. The van der Waals surface area contributed by atoms with Crippen LogP contribution >= 0.6 is 0 Å². The Morgan fingerprint density at radius 2 is 1.51 bits per heavy atom. The van der Waals surface area contributed by atoms with Crippen molar-refractivity contribution in [3.05, 3.63) is 83.9 Å². The third-order valence-electron chi connectivity index (χ3n) is 5.31. The molecule has 3 aromatic carbocycles. The maximum Gasteiger partial charge on any atom is 0.305 e. The fourth-order valence-electron chi connectivity index (χ4n) is 3.46. The van der Waals surface area contributed by atoms with Gasteiger partial charge in [0.2, 0.25) is 0 Å². The van der Waals surface area contributed by atoms with E-state index in [1.807, 2.05) is 24.3 Å². The third kappa shape index (κ3) is 8.49. The highest BCUT2D eigenvalue weighted by Crippen LogP contribution is 2.25. The minimum Gasteiger partial charge on any atom is -0.493 e. The van der Waals surface area contributed by atoms with Crippen LogP contribution in [0.5, 0.6) is 17.2 Å². The van der Waals surface area contributed by atoms with Crippen molar-refractivity contribution in [2.45, 2.75) is 46.0 Å². The average molecular weight is 476 g/mol. The molecule has 0 heterocycles. The van der Waals surface area contributed by atoms with Crippen LogP contribution in [0.2, 0.25) is 0 Å². The Morgan fingerprint density at radius 1 is 0.829 bits per heavy atom. The topological polar surface area (TPSA) is 73.9 Å². The van der Waals surface area contributed by atoms with E-state index in [-0.39, 0.29) is 18.3 Å². The zero-order valence-electron chi connectivity index (χ0n) is 20.4. The smallest absolute Gasteiger partial charge is 0.305 e. The fraction of sp³-hybridized carbons (Fsp3) is 0.310. The maximum absolute atomic E-state index is 12.8. The Kier molecular flexibility index (Phi) is 10.2. The standard InChI is InChI=1S/C29H33NO5/c1-3-5-9-22-13-17-24(18-14-22)35-25-19-15-23(16-20-25)30-29(32)26-10-6-7-11-27(26)34-21-8-12-28(31)33-4-2/h6-7,10-11,13-20H,3-5,8-9,12,21H2,1-2H3,(H,30,32). The molecule has 0 bridgehead atoms. The van der Waals surface area contributed by atoms with Crippen molar-refractivity contribution in [2.75, 3.05) is 18.5 Å². The summed E-state index contributed by atoms with van der Waals surface area (Å²) in [7, 11) is 0. The molecule has 0 aromatic heterocycles. The minimum absolute atomic E-state index is 0.251. The molecule has 6 heteroatoms. The molecule has 0 spiro atoms. The first kappa shape index (κ1) is 25.8. The molecule has 0 aliphatic carbocycles. The zero-order valence-corrected chi connectivity index (χ0v) is 20.4. The molecule has 1 N–H and O–H groups in total. The van der Waals surface area contributed by atoms with Crippen molar-refractivity contribution in [1.82, 2.24) is 0 Å². The van der Waals surface area contributed by atoms with E-state index < -0.39 is 0 Å². The van der Waals surface area contributed by atoms with E-state index >= 15 is 0 Å². The SMILES string of the molecule is CCCCc1ccc(Oc2ccc(NC(=O)c3ccccc3OCCCC(=O)OCC)cc2)cc1. The van der Waals surface area contributed by atoms with Gasteiger partial charge in [-0.2, -0.15) is 0 Å². The van der Waals surface area contributed by atoms with Crippen LogP contribution in [0, 0.1) is 0 Å². The highest BCUT2D eigenvalue weighted by Gasteiger charge is 2.13. The molecule has 0 aliphatic rings. The first-order valence-electron chi connectivity index (χ1n) is 12.1. The van der Waals surface area contributed by atoms with Gasteiger partial charge in [-0.25, -0.2) is 0 Å². The first-order valence-corrected chi connectivity index (χ1v) is 12.1. The van der Waals surface area contributed by atoms with Crippen LogP contribution in [-0.4, -0.2) is 25.1 Å². The molecule has 35 heavy (non-hydrogen) atoms. The van der Waals surface area contributed by atoms with Gasteiger partial charge >= 0.3 is 5.97 Å². The summed E-state index contributed by atoms with van der Waals surface area (Å²) in [5.74, 6) is 1.41. The molecule has 1 amide bonds. The van der Waals surface area contributed by atoms with E-state index in [4.69, 9.17) is 14.2 Å². The Hall–Kier alpha value is -3.80. The molecule has 0 unspecified atom stereocenters. The number of unbranched alkanes of at least 4 members (excludes halogenated alkanes) is 1. The van der Waals surface area contributed by atoms with Crippen molar-refractivity contribution in [3.63, 3.8) is 0 Å². The number of ether oxygens (including phenoxy) is 3. The summed E-state index contributed by atoms with van der Waals surface area (Å²) in [5, 5.41) is 2.89. The number of hydrogen-bond donors (Lipinski definition) is 1. The molecule has 0 radical (unpaired) electrons. The number of esters is 1.